The minimum atomic E-state index is -0.290. The zero-order valence-corrected chi connectivity index (χ0v) is 11.3. The molecule has 3 rings (SSSR count). The highest BCUT2D eigenvalue weighted by atomic mass is 32.2. The Bertz CT molecular complexity index is 623. The van der Waals surface area contributed by atoms with Gasteiger partial charge in [0.05, 0.1) is 12.7 Å². The van der Waals surface area contributed by atoms with E-state index in [4.69, 9.17) is 4.74 Å². The normalized spacial score (nSPS) is 12.5. The lowest BCUT2D eigenvalue weighted by atomic mass is 10.2. The van der Waals surface area contributed by atoms with Gasteiger partial charge in [-0.25, -0.2) is 4.79 Å². The maximum Gasteiger partial charge on any atom is 0.337 e. The van der Waals surface area contributed by atoms with Crippen LogP contribution in [0.2, 0.25) is 0 Å². The first-order valence-corrected chi connectivity index (χ1v) is 7.08. The summed E-state index contributed by atoms with van der Waals surface area (Å²) in [5.41, 5.74) is 0.601. The number of fused-ring (bicyclic) bond motifs is 2. The average molecular weight is 274 g/mol. The van der Waals surface area contributed by atoms with Gasteiger partial charge in [-0.2, -0.15) is 0 Å². The molecule has 0 bridgehead atoms. The van der Waals surface area contributed by atoms with Gasteiger partial charge in [0.1, 0.15) is 0 Å². The number of methoxy groups -OCH3 is 1. The Morgan fingerprint density at radius 1 is 0.944 bits per heavy atom. The standard InChI is InChI=1S/C14H10O2S2/c1-16-14(15)9-6-7-12-13(8-9)18-11-5-3-2-4-10(11)17-12/h2-8H,1H3. The summed E-state index contributed by atoms with van der Waals surface area (Å²) in [7, 11) is 1.40. The van der Waals surface area contributed by atoms with Crippen molar-refractivity contribution in [3.05, 3.63) is 48.0 Å². The summed E-state index contributed by atoms with van der Waals surface area (Å²) in [6.45, 7) is 0. The van der Waals surface area contributed by atoms with Gasteiger partial charge in [-0.05, 0) is 30.3 Å². The van der Waals surface area contributed by atoms with Gasteiger partial charge in [-0.1, -0.05) is 35.7 Å². The molecule has 0 amide bonds. The summed E-state index contributed by atoms with van der Waals surface area (Å²) < 4.78 is 4.74. The first-order chi connectivity index (χ1) is 8.78. The molecule has 0 radical (unpaired) electrons. The number of hydrogen-bond donors (Lipinski definition) is 0. The Morgan fingerprint density at radius 2 is 1.56 bits per heavy atom. The van der Waals surface area contributed by atoms with Gasteiger partial charge >= 0.3 is 5.97 Å². The molecule has 0 N–H and O–H groups in total. The van der Waals surface area contributed by atoms with E-state index in [1.807, 2.05) is 30.3 Å². The average Bonchev–Trinajstić information content (AvgIpc) is 2.43. The second-order valence-electron chi connectivity index (χ2n) is 3.80. The number of benzene rings is 2. The third-order valence-corrected chi connectivity index (χ3v) is 5.20. The Labute approximate surface area is 114 Å². The highest BCUT2D eigenvalue weighted by Gasteiger charge is 2.18. The molecule has 0 fully saturated rings. The second-order valence-corrected chi connectivity index (χ2v) is 5.97. The molecule has 0 spiro atoms. The maximum atomic E-state index is 11.5. The van der Waals surface area contributed by atoms with E-state index in [0.717, 1.165) is 4.90 Å². The van der Waals surface area contributed by atoms with Crippen LogP contribution in [0.4, 0.5) is 0 Å². The van der Waals surface area contributed by atoms with E-state index in [9.17, 15) is 4.79 Å². The molecule has 2 aromatic rings. The van der Waals surface area contributed by atoms with E-state index < -0.39 is 0 Å². The maximum absolute atomic E-state index is 11.5. The van der Waals surface area contributed by atoms with Crippen LogP contribution in [-0.4, -0.2) is 13.1 Å². The van der Waals surface area contributed by atoms with Gasteiger partial charge in [0.25, 0.3) is 0 Å². The molecule has 4 heteroatoms. The first-order valence-electron chi connectivity index (χ1n) is 5.45. The summed E-state index contributed by atoms with van der Waals surface area (Å²) in [5, 5.41) is 0. The Balaban J connectivity index is 2.01. The van der Waals surface area contributed by atoms with Crippen molar-refractivity contribution in [2.75, 3.05) is 7.11 Å². The highest BCUT2D eigenvalue weighted by molar-refractivity contribution is 8.05. The molecule has 0 saturated heterocycles. The smallest absolute Gasteiger partial charge is 0.337 e. The van der Waals surface area contributed by atoms with Crippen LogP contribution in [0, 0.1) is 0 Å². The summed E-state index contributed by atoms with van der Waals surface area (Å²) in [6, 6.07) is 14.0. The molecule has 2 nitrogen and oxygen atoms in total. The predicted octanol–water partition coefficient (Wildman–Crippen LogP) is 4.09. The lowest BCUT2D eigenvalue weighted by molar-refractivity contribution is 0.0600. The molecule has 0 saturated carbocycles. The molecule has 0 atom stereocenters. The van der Waals surface area contributed by atoms with E-state index in [1.165, 1.54) is 21.8 Å². The van der Waals surface area contributed by atoms with Crippen molar-refractivity contribution in [3.63, 3.8) is 0 Å². The SMILES string of the molecule is COC(=O)c1ccc2c(c1)Sc1ccccc1S2. The van der Waals surface area contributed by atoms with Gasteiger partial charge in [-0.15, -0.1) is 0 Å². The quantitative estimate of drug-likeness (QED) is 0.624. The fraction of sp³-hybridized carbons (Fsp3) is 0.0714. The van der Waals surface area contributed by atoms with Crippen molar-refractivity contribution < 1.29 is 9.53 Å². The number of carbonyl (C=O) groups is 1. The molecular weight excluding hydrogens is 264 g/mol. The Morgan fingerprint density at radius 3 is 2.22 bits per heavy atom. The minimum absolute atomic E-state index is 0.290. The van der Waals surface area contributed by atoms with Crippen molar-refractivity contribution in [3.8, 4) is 0 Å². The molecule has 0 unspecified atom stereocenters. The summed E-state index contributed by atoms with van der Waals surface area (Å²) in [6.07, 6.45) is 0. The number of ether oxygens (including phenoxy) is 1. The van der Waals surface area contributed by atoms with Crippen molar-refractivity contribution in [1.82, 2.24) is 0 Å². The zero-order chi connectivity index (χ0) is 12.5. The zero-order valence-electron chi connectivity index (χ0n) is 9.67. The molecule has 1 aliphatic rings. The molecule has 0 aromatic heterocycles. The lowest BCUT2D eigenvalue weighted by Gasteiger charge is -2.18. The van der Waals surface area contributed by atoms with Crippen molar-refractivity contribution in [2.24, 2.45) is 0 Å². The van der Waals surface area contributed by atoms with E-state index in [0.29, 0.717) is 5.56 Å². The highest BCUT2D eigenvalue weighted by Crippen LogP contribution is 2.48. The van der Waals surface area contributed by atoms with Crippen molar-refractivity contribution in [1.29, 1.82) is 0 Å². The molecular formula is C14H10O2S2. The molecule has 1 heterocycles. The number of rotatable bonds is 1. The number of hydrogen-bond acceptors (Lipinski definition) is 4. The van der Waals surface area contributed by atoms with Crippen LogP contribution in [0.3, 0.4) is 0 Å². The first kappa shape index (κ1) is 11.7. The molecule has 18 heavy (non-hydrogen) atoms. The molecule has 1 aliphatic heterocycles. The van der Waals surface area contributed by atoms with Gasteiger partial charge in [0.15, 0.2) is 0 Å². The monoisotopic (exact) mass is 274 g/mol. The minimum Gasteiger partial charge on any atom is -0.465 e. The lowest BCUT2D eigenvalue weighted by Crippen LogP contribution is -2.02. The molecule has 90 valence electrons. The Hall–Kier alpha value is -1.39. The van der Waals surface area contributed by atoms with Gasteiger partial charge in [0.2, 0.25) is 0 Å². The topological polar surface area (TPSA) is 26.3 Å². The van der Waals surface area contributed by atoms with Crippen LogP contribution in [0.15, 0.2) is 62.0 Å². The third-order valence-electron chi connectivity index (χ3n) is 2.65. The van der Waals surface area contributed by atoms with Crippen molar-refractivity contribution >= 4 is 29.5 Å². The molecule has 2 aromatic carbocycles. The van der Waals surface area contributed by atoms with Crippen LogP contribution in [0.1, 0.15) is 10.4 Å². The van der Waals surface area contributed by atoms with E-state index in [2.05, 4.69) is 12.1 Å². The van der Waals surface area contributed by atoms with Crippen LogP contribution < -0.4 is 0 Å². The fourth-order valence-electron chi connectivity index (χ4n) is 1.77. The summed E-state index contributed by atoms with van der Waals surface area (Å²) in [4.78, 5) is 16.3. The van der Waals surface area contributed by atoms with E-state index in [-0.39, 0.29) is 5.97 Å². The second kappa shape index (κ2) is 4.71. The van der Waals surface area contributed by atoms with Crippen LogP contribution in [0.25, 0.3) is 0 Å². The van der Waals surface area contributed by atoms with Gasteiger partial charge in [-0.3, -0.25) is 0 Å². The van der Waals surface area contributed by atoms with Crippen LogP contribution in [-0.2, 0) is 4.74 Å². The Kier molecular flexibility index (Phi) is 3.06. The van der Waals surface area contributed by atoms with Gasteiger partial charge < -0.3 is 4.74 Å². The van der Waals surface area contributed by atoms with E-state index >= 15 is 0 Å². The summed E-state index contributed by atoms with van der Waals surface area (Å²) >= 11 is 3.43. The third kappa shape index (κ3) is 2.02. The fourth-order valence-corrected chi connectivity index (χ4v) is 4.03. The summed E-state index contributed by atoms with van der Waals surface area (Å²) in [5.74, 6) is -0.290. The predicted molar refractivity (Wildman–Crippen MR) is 72.5 cm³/mol. The number of carbonyl (C=O) groups excluding carboxylic acids is 1. The number of esters is 1. The van der Waals surface area contributed by atoms with Gasteiger partial charge in [0, 0.05) is 19.6 Å². The van der Waals surface area contributed by atoms with E-state index in [1.54, 1.807) is 23.5 Å². The van der Waals surface area contributed by atoms with Crippen molar-refractivity contribution in [2.45, 2.75) is 19.6 Å². The molecule has 0 aliphatic carbocycles. The van der Waals surface area contributed by atoms with Crippen LogP contribution >= 0.6 is 23.5 Å². The van der Waals surface area contributed by atoms with Crippen LogP contribution in [0.5, 0.6) is 0 Å². The largest absolute Gasteiger partial charge is 0.465 e.